The lowest BCUT2D eigenvalue weighted by Gasteiger charge is -2.31. The van der Waals surface area contributed by atoms with Crippen LogP contribution in [0.4, 0.5) is 0 Å². The number of benzene rings is 3. The molecule has 1 heterocycles. The summed E-state index contributed by atoms with van der Waals surface area (Å²) in [5.41, 5.74) is 5.51. The van der Waals surface area contributed by atoms with E-state index in [9.17, 15) is 0 Å². The van der Waals surface area contributed by atoms with Crippen LogP contribution in [0.15, 0.2) is 72.8 Å². The average Bonchev–Trinajstić information content (AvgIpc) is 3.00. The molecule has 0 saturated heterocycles. The van der Waals surface area contributed by atoms with Crippen molar-refractivity contribution in [3.8, 4) is 5.69 Å². The van der Waals surface area contributed by atoms with Crippen molar-refractivity contribution in [3.63, 3.8) is 0 Å². The van der Waals surface area contributed by atoms with Gasteiger partial charge in [-0.1, -0.05) is 82.6 Å². The second-order valence-corrected chi connectivity index (χ2v) is 8.67. The average molecular weight is 356 g/mol. The SMILES string of the molecule is CCCC(c1ccc(-n2c3ccccc3c3ccccc32)cc1)C(C)(C)C. The van der Waals surface area contributed by atoms with Crippen molar-refractivity contribution in [2.75, 3.05) is 0 Å². The molecule has 0 aliphatic carbocycles. The number of hydrogen-bond acceptors (Lipinski definition) is 0. The summed E-state index contributed by atoms with van der Waals surface area (Å²) in [5, 5.41) is 2.63. The van der Waals surface area contributed by atoms with Crippen molar-refractivity contribution in [2.45, 2.75) is 46.5 Å². The number of hydrogen-bond donors (Lipinski definition) is 0. The summed E-state index contributed by atoms with van der Waals surface area (Å²) in [6, 6.07) is 26.7. The molecule has 0 saturated carbocycles. The maximum atomic E-state index is 2.39. The van der Waals surface area contributed by atoms with E-state index in [4.69, 9.17) is 0 Å². The lowest BCUT2D eigenvalue weighted by molar-refractivity contribution is 0.303. The van der Waals surface area contributed by atoms with Crippen molar-refractivity contribution in [2.24, 2.45) is 5.41 Å². The van der Waals surface area contributed by atoms with Crippen LogP contribution in [0.1, 0.15) is 52.0 Å². The van der Waals surface area contributed by atoms with Crippen LogP contribution in [0.3, 0.4) is 0 Å². The first kappa shape index (κ1) is 17.9. The van der Waals surface area contributed by atoms with Gasteiger partial charge in [-0.15, -0.1) is 0 Å². The van der Waals surface area contributed by atoms with Crippen molar-refractivity contribution in [1.82, 2.24) is 4.57 Å². The zero-order chi connectivity index (χ0) is 19.0. The predicted octanol–water partition coefficient (Wildman–Crippen LogP) is 7.71. The second-order valence-electron chi connectivity index (χ2n) is 8.67. The molecule has 0 spiro atoms. The highest BCUT2D eigenvalue weighted by molar-refractivity contribution is 6.09. The minimum Gasteiger partial charge on any atom is -0.309 e. The minimum atomic E-state index is 0.282. The van der Waals surface area contributed by atoms with E-state index in [2.05, 4.69) is 105 Å². The highest BCUT2D eigenvalue weighted by Gasteiger charge is 2.25. The van der Waals surface area contributed by atoms with E-state index < -0.39 is 0 Å². The molecule has 1 aromatic heterocycles. The number of rotatable bonds is 4. The molecule has 27 heavy (non-hydrogen) atoms. The Kier molecular flexibility index (Phi) is 4.55. The molecule has 4 rings (SSSR count). The maximum absolute atomic E-state index is 2.39. The van der Waals surface area contributed by atoms with E-state index in [1.165, 1.54) is 45.9 Å². The van der Waals surface area contributed by atoms with E-state index in [1.807, 2.05) is 0 Å². The molecule has 0 amide bonds. The number of aromatic nitrogens is 1. The van der Waals surface area contributed by atoms with Crippen LogP contribution in [0, 0.1) is 5.41 Å². The zero-order valence-electron chi connectivity index (χ0n) is 16.9. The number of fused-ring (bicyclic) bond motifs is 3. The Morgan fingerprint density at radius 2 is 1.26 bits per heavy atom. The van der Waals surface area contributed by atoms with Crippen LogP contribution in [0.5, 0.6) is 0 Å². The van der Waals surface area contributed by atoms with Gasteiger partial charge in [-0.25, -0.2) is 0 Å². The third-order valence-corrected chi connectivity index (χ3v) is 5.76. The van der Waals surface area contributed by atoms with E-state index in [1.54, 1.807) is 0 Å². The smallest absolute Gasteiger partial charge is 0.0541 e. The van der Waals surface area contributed by atoms with Crippen LogP contribution < -0.4 is 0 Å². The fourth-order valence-electron chi connectivity index (χ4n) is 4.44. The van der Waals surface area contributed by atoms with E-state index in [0.717, 1.165) is 0 Å². The summed E-state index contributed by atoms with van der Waals surface area (Å²) in [7, 11) is 0. The standard InChI is InChI=1S/C26H29N/c1-5-10-23(26(2,3)4)19-15-17-20(18-16-19)27-24-13-8-6-11-21(24)22-12-7-9-14-25(22)27/h6-9,11-18,23H,5,10H2,1-4H3. The molecular formula is C26H29N. The molecule has 0 aliphatic rings. The van der Waals surface area contributed by atoms with Gasteiger partial charge >= 0.3 is 0 Å². The van der Waals surface area contributed by atoms with Gasteiger partial charge in [0.15, 0.2) is 0 Å². The van der Waals surface area contributed by atoms with Crippen molar-refractivity contribution in [3.05, 3.63) is 78.4 Å². The molecule has 1 nitrogen and oxygen atoms in total. The van der Waals surface area contributed by atoms with Crippen molar-refractivity contribution in [1.29, 1.82) is 0 Å². The number of para-hydroxylation sites is 2. The van der Waals surface area contributed by atoms with E-state index in [0.29, 0.717) is 5.92 Å². The third kappa shape index (κ3) is 3.16. The van der Waals surface area contributed by atoms with Gasteiger partial charge in [0.1, 0.15) is 0 Å². The van der Waals surface area contributed by atoms with Gasteiger partial charge in [0, 0.05) is 16.5 Å². The van der Waals surface area contributed by atoms with Gasteiger partial charge in [0.25, 0.3) is 0 Å². The Morgan fingerprint density at radius 3 is 1.74 bits per heavy atom. The molecule has 0 radical (unpaired) electrons. The highest BCUT2D eigenvalue weighted by atomic mass is 15.0. The minimum absolute atomic E-state index is 0.282. The largest absolute Gasteiger partial charge is 0.309 e. The first-order chi connectivity index (χ1) is 13.0. The fraction of sp³-hybridized carbons (Fsp3) is 0.308. The van der Waals surface area contributed by atoms with Gasteiger partial charge in [-0.3, -0.25) is 0 Å². The first-order valence-corrected chi connectivity index (χ1v) is 10.1. The molecule has 1 atom stereocenters. The Hall–Kier alpha value is -2.54. The van der Waals surface area contributed by atoms with Crippen LogP contribution in [-0.2, 0) is 0 Å². The van der Waals surface area contributed by atoms with E-state index in [-0.39, 0.29) is 5.41 Å². The van der Waals surface area contributed by atoms with Gasteiger partial charge in [0.2, 0.25) is 0 Å². The summed E-state index contributed by atoms with van der Waals surface area (Å²) in [6.45, 7) is 9.35. The molecule has 3 aromatic carbocycles. The lowest BCUT2D eigenvalue weighted by atomic mass is 9.74. The molecule has 0 aliphatic heterocycles. The normalized spacial score (nSPS) is 13.3. The van der Waals surface area contributed by atoms with Crippen LogP contribution in [0.2, 0.25) is 0 Å². The first-order valence-electron chi connectivity index (χ1n) is 10.1. The van der Waals surface area contributed by atoms with Crippen LogP contribution in [-0.4, -0.2) is 4.57 Å². The van der Waals surface area contributed by atoms with Crippen molar-refractivity contribution < 1.29 is 0 Å². The highest BCUT2D eigenvalue weighted by Crippen LogP contribution is 2.39. The molecule has 1 unspecified atom stereocenters. The van der Waals surface area contributed by atoms with Gasteiger partial charge < -0.3 is 4.57 Å². The topological polar surface area (TPSA) is 4.93 Å². The quantitative estimate of drug-likeness (QED) is 0.353. The number of nitrogens with zero attached hydrogens (tertiary/aromatic N) is 1. The van der Waals surface area contributed by atoms with Crippen LogP contribution in [0.25, 0.3) is 27.5 Å². The van der Waals surface area contributed by atoms with Gasteiger partial charge in [0.05, 0.1) is 11.0 Å². The molecule has 0 bridgehead atoms. The Morgan fingerprint density at radius 1 is 0.741 bits per heavy atom. The molecule has 1 heteroatoms. The predicted molar refractivity (Wildman–Crippen MR) is 118 cm³/mol. The molecule has 138 valence electrons. The molecule has 4 aromatic rings. The summed E-state index contributed by atoms with van der Waals surface area (Å²) in [4.78, 5) is 0. The fourth-order valence-corrected chi connectivity index (χ4v) is 4.44. The Balaban J connectivity index is 1.85. The summed E-state index contributed by atoms with van der Waals surface area (Å²) < 4.78 is 2.39. The molecule has 0 fully saturated rings. The third-order valence-electron chi connectivity index (χ3n) is 5.76. The second kappa shape index (κ2) is 6.88. The van der Waals surface area contributed by atoms with Gasteiger partial charge in [-0.2, -0.15) is 0 Å². The molecular weight excluding hydrogens is 326 g/mol. The van der Waals surface area contributed by atoms with Crippen molar-refractivity contribution >= 4 is 21.8 Å². The lowest BCUT2D eigenvalue weighted by Crippen LogP contribution is -2.18. The van der Waals surface area contributed by atoms with E-state index >= 15 is 0 Å². The van der Waals surface area contributed by atoms with Gasteiger partial charge in [-0.05, 0) is 47.6 Å². The Bertz CT molecular complexity index is 1010. The maximum Gasteiger partial charge on any atom is 0.0541 e. The zero-order valence-corrected chi connectivity index (χ0v) is 16.9. The summed E-state index contributed by atoms with van der Waals surface area (Å²) in [6.07, 6.45) is 2.45. The summed E-state index contributed by atoms with van der Waals surface area (Å²) in [5.74, 6) is 0.592. The monoisotopic (exact) mass is 355 g/mol. The Labute approximate surface area is 162 Å². The summed E-state index contributed by atoms with van der Waals surface area (Å²) >= 11 is 0. The van der Waals surface area contributed by atoms with Crippen LogP contribution >= 0.6 is 0 Å². The molecule has 0 N–H and O–H groups in total.